The summed E-state index contributed by atoms with van der Waals surface area (Å²) in [5.41, 5.74) is 0. The van der Waals surface area contributed by atoms with Crippen LogP contribution < -0.4 is 124 Å². The van der Waals surface area contributed by atoms with Gasteiger partial charge in [-0.25, -0.2) is 0 Å². The zero-order chi connectivity index (χ0) is 3.58. The predicted octanol–water partition coefficient (Wildman–Crippen LogP) is -8.49. The number of hydrogen-bond acceptors (Lipinski definition) is 3. The van der Waals surface area contributed by atoms with Gasteiger partial charge in [-0.1, -0.05) is 0 Å². The van der Waals surface area contributed by atoms with Crippen LogP contribution in [0.3, 0.4) is 0 Å². The minimum atomic E-state index is -4.08. The normalized spacial score (nSPS) is 4.33. The van der Waals surface area contributed by atoms with Crippen LogP contribution in [0, 0.1) is 0 Å². The van der Waals surface area contributed by atoms with Crippen molar-refractivity contribution >= 4 is 0 Å². The minimum Gasteiger partial charge on any atom is 1.00 e. The molecular weight excluding hydrogens is 267 g/mol. The first-order valence-corrected chi connectivity index (χ1v) is 2.52. The Morgan fingerprint density at radius 2 is 1.17 bits per heavy atom. The second kappa shape index (κ2) is 11.8. The summed E-state index contributed by atoms with van der Waals surface area (Å²) in [6, 6.07) is 0. The Balaban J connectivity index is -0.0000000450. The van der Waals surface area contributed by atoms with E-state index in [9.17, 15) is 0 Å². The van der Waals surface area contributed by atoms with E-state index in [2.05, 4.69) is 0 Å². The molecule has 6 heteroatoms. The zero-order valence-electron chi connectivity index (χ0n) is 3.72. The first kappa shape index (κ1) is 16.6. The molecule has 0 saturated heterocycles. The van der Waals surface area contributed by atoms with Gasteiger partial charge in [0.2, 0.25) is 0 Å². The summed E-state index contributed by atoms with van der Waals surface area (Å²) in [5, 5.41) is 0. The van der Waals surface area contributed by atoms with E-state index in [-0.39, 0.29) is 116 Å². The van der Waals surface area contributed by atoms with Crippen molar-refractivity contribution in [3.8, 4) is 0 Å². The van der Waals surface area contributed by atoms with Crippen LogP contribution in [0.4, 0.5) is 0 Å². The van der Waals surface area contributed by atoms with Gasteiger partial charge in [-0.05, 0) is 0 Å². The maximum absolute atomic E-state index is 8.58. The summed E-state index contributed by atoms with van der Waals surface area (Å²) in [6.07, 6.45) is 0. The fraction of sp³-hybridized carbons (Fsp3) is 0. The molecule has 6 heavy (non-hydrogen) atoms. The molecule has 0 rings (SSSR count). The van der Waals surface area contributed by atoms with Gasteiger partial charge in [0.25, 0.3) is 0 Å². The van der Waals surface area contributed by atoms with E-state index in [1.165, 1.54) is 0 Å². The molecule has 0 heterocycles. The van der Waals surface area contributed by atoms with Crippen LogP contribution >= 0.6 is 0 Å². The van der Waals surface area contributed by atoms with Crippen molar-refractivity contribution in [2.24, 2.45) is 0 Å². The molecule has 0 aromatic heterocycles. The fourth-order valence-corrected chi connectivity index (χ4v) is 0. The van der Waals surface area contributed by atoms with Gasteiger partial charge in [-0.2, -0.15) is 0 Å². The molecule has 24 valence electrons. The SMILES string of the molecule is [O]=[Ti]([O-])[O-].[Rb+].[Rb+]. The van der Waals surface area contributed by atoms with Crippen LogP contribution in [0.25, 0.3) is 0 Å². The summed E-state index contributed by atoms with van der Waals surface area (Å²) in [6.45, 7) is 0. The van der Waals surface area contributed by atoms with Gasteiger partial charge in [0.15, 0.2) is 0 Å². The van der Waals surface area contributed by atoms with Gasteiger partial charge in [0.1, 0.15) is 0 Å². The molecule has 0 aromatic carbocycles. The average Bonchev–Trinajstić information content (AvgIpc) is 0.811. The molecule has 0 radical (unpaired) electrons. The van der Waals surface area contributed by atoms with E-state index in [0.717, 1.165) is 0 Å². The third-order valence-corrected chi connectivity index (χ3v) is 0. The Labute approximate surface area is 141 Å². The smallest absolute Gasteiger partial charge is 1.00 e. The van der Waals surface area contributed by atoms with Crippen LogP contribution in [0.2, 0.25) is 0 Å². The largest absolute Gasteiger partial charge is 1.00 e. The summed E-state index contributed by atoms with van der Waals surface area (Å²) in [5.74, 6) is 0. The first-order valence-electron chi connectivity index (χ1n) is 0.612. The topological polar surface area (TPSA) is 63.2 Å². The third-order valence-electron chi connectivity index (χ3n) is 0. The summed E-state index contributed by atoms with van der Waals surface area (Å²) in [4.78, 5) is 0. The van der Waals surface area contributed by atoms with Crippen molar-refractivity contribution in [1.29, 1.82) is 0 Å². The molecule has 0 unspecified atom stereocenters. The van der Waals surface area contributed by atoms with Crippen molar-refractivity contribution in [2.45, 2.75) is 0 Å². The van der Waals surface area contributed by atoms with Crippen molar-refractivity contribution in [3.63, 3.8) is 0 Å². The molecule has 3 nitrogen and oxygen atoms in total. The fourth-order valence-electron chi connectivity index (χ4n) is 0. The monoisotopic (exact) mass is 266 g/mol. The quantitative estimate of drug-likeness (QED) is 0.409. The van der Waals surface area contributed by atoms with Gasteiger partial charge >= 0.3 is 146 Å². The van der Waals surface area contributed by atoms with Crippen molar-refractivity contribution in [3.05, 3.63) is 0 Å². The van der Waals surface area contributed by atoms with E-state index >= 15 is 0 Å². The summed E-state index contributed by atoms with van der Waals surface area (Å²) < 4.78 is 25.8. The molecule has 0 amide bonds. The van der Waals surface area contributed by atoms with Gasteiger partial charge in [-0.3, -0.25) is 0 Å². The second-order valence-corrected chi connectivity index (χ2v) is 1.03. The number of rotatable bonds is 0. The Morgan fingerprint density at radius 3 is 1.17 bits per heavy atom. The van der Waals surface area contributed by atoms with Crippen LogP contribution in [-0.2, 0) is 21.9 Å². The Hall–Kier alpha value is 4.04. The molecule has 0 saturated carbocycles. The average molecular weight is 267 g/mol. The Kier molecular flexibility index (Phi) is 32.5. The summed E-state index contributed by atoms with van der Waals surface area (Å²) >= 11 is -4.08. The van der Waals surface area contributed by atoms with Gasteiger partial charge < -0.3 is 0 Å². The van der Waals surface area contributed by atoms with Crippen LogP contribution in [0.1, 0.15) is 0 Å². The molecule has 0 N–H and O–H groups in total. The predicted molar refractivity (Wildman–Crippen MR) is 0.686 cm³/mol. The Bertz CT molecular complexity index is 31.8. The van der Waals surface area contributed by atoms with Crippen LogP contribution in [-0.4, -0.2) is 0 Å². The maximum atomic E-state index is 8.58. The van der Waals surface area contributed by atoms with Gasteiger partial charge in [-0.15, -0.1) is 0 Å². The minimum absolute atomic E-state index is 0. The van der Waals surface area contributed by atoms with Crippen molar-refractivity contribution in [2.75, 3.05) is 0 Å². The zero-order valence-corrected chi connectivity index (χ0v) is 15.1. The summed E-state index contributed by atoms with van der Waals surface area (Å²) in [7, 11) is 0. The molecule has 0 aliphatic heterocycles. The molecular formula is O3Rb2Ti. The van der Waals surface area contributed by atoms with Gasteiger partial charge in [0, 0.05) is 0 Å². The van der Waals surface area contributed by atoms with Crippen LogP contribution in [0.15, 0.2) is 0 Å². The number of hydrogen-bond donors (Lipinski definition) is 0. The molecule has 0 bridgehead atoms. The van der Waals surface area contributed by atoms with E-state index in [4.69, 9.17) is 10.7 Å². The third kappa shape index (κ3) is 24.4. The molecule has 0 aliphatic rings. The van der Waals surface area contributed by atoms with E-state index in [0.29, 0.717) is 0 Å². The molecule has 0 fully saturated rings. The van der Waals surface area contributed by atoms with E-state index in [1.807, 2.05) is 0 Å². The molecule has 0 atom stereocenters. The maximum Gasteiger partial charge on any atom is 1.00 e. The standard InChI is InChI=1S/3O.2Rb.Ti/q;2*-1;2*+1;. The second-order valence-electron chi connectivity index (χ2n) is 0.250. The molecule has 0 spiro atoms. The molecule has 0 aromatic rings. The van der Waals surface area contributed by atoms with Crippen molar-refractivity contribution in [1.82, 2.24) is 0 Å². The first-order chi connectivity index (χ1) is 1.73. The molecule has 0 aliphatic carbocycles. The van der Waals surface area contributed by atoms with Crippen molar-refractivity contribution < 1.29 is 146 Å². The van der Waals surface area contributed by atoms with E-state index in [1.54, 1.807) is 0 Å². The Morgan fingerprint density at radius 1 is 1.17 bits per heavy atom. The van der Waals surface area contributed by atoms with Gasteiger partial charge in [0.05, 0.1) is 0 Å². The van der Waals surface area contributed by atoms with Crippen LogP contribution in [0.5, 0.6) is 0 Å². The van der Waals surface area contributed by atoms with E-state index < -0.39 is 18.6 Å².